The van der Waals surface area contributed by atoms with E-state index in [2.05, 4.69) is 30.6 Å². The van der Waals surface area contributed by atoms with E-state index >= 15 is 0 Å². The Bertz CT molecular complexity index is 208. The lowest BCUT2D eigenvalue weighted by atomic mass is 10.2. The zero-order valence-corrected chi connectivity index (χ0v) is 12.5. The molecule has 0 aliphatic heterocycles. The summed E-state index contributed by atoms with van der Waals surface area (Å²) in [5, 5.41) is 3.39. The van der Waals surface area contributed by atoms with Crippen molar-refractivity contribution in [1.82, 2.24) is 10.2 Å². The lowest BCUT2D eigenvalue weighted by molar-refractivity contribution is 0.137. The van der Waals surface area contributed by atoms with Crippen molar-refractivity contribution >= 4 is 0 Å². The van der Waals surface area contributed by atoms with E-state index in [0.717, 1.165) is 45.8 Å². The zero-order valence-electron chi connectivity index (χ0n) is 12.5. The van der Waals surface area contributed by atoms with Crippen LogP contribution in [0.5, 0.6) is 0 Å². The van der Waals surface area contributed by atoms with Crippen molar-refractivity contribution in [3.05, 3.63) is 12.2 Å². The van der Waals surface area contributed by atoms with E-state index in [1.807, 2.05) is 0 Å². The van der Waals surface area contributed by atoms with Crippen molar-refractivity contribution in [1.29, 1.82) is 0 Å². The Labute approximate surface area is 112 Å². The van der Waals surface area contributed by atoms with Crippen LogP contribution >= 0.6 is 0 Å². The van der Waals surface area contributed by atoms with E-state index in [1.54, 1.807) is 14.2 Å². The third kappa shape index (κ3) is 10.7. The van der Waals surface area contributed by atoms with Gasteiger partial charge < -0.3 is 14.8 Å². The minimum absolute atomic E-state index is 0.502. The van der Waals surface area contributed by atoms with Crippen molar-refractivity contribution in [3.63, 3.8) is 0 Å². The molecule has 0 aromatic carbocycles. The zero-order chi connectivity index (χ0) is 13.8. The Morgan fingerprint density at radius 2 is 1.83 bits per heavy atom. The first-order chi connectivity index (χ1) is 8.60. The normalized spacial score (nSPS) is 11.4. The maximum absolute atomic E-state index is 5.14. The van der Waals surface area contributed by atoms with Gasteiger partial charge in [-0.1, -0.05) is 20.4 Å². The van der Waals surface area contributed by atoms with E-state index < -0.39 is 0 Å². The van der Waals surface area contributed by atoms with Gasteiger partial charge in [-0.2, -0.15) is 0 Å². The van der Waals surface area contributed by atoms with Crippen LogP contribution in [0.25, 0.3) is 0 Å². The van der Waals surface area contributed by atoms with E-state index in [9.17, 15) is 0 Å². The SMILES string of the molecule is C=C(CNC(C)C)CN(CCCOC)CCOC. The predicted molar refractivity (Wildman–Crippen MR) is 77.1 cm³/mol. The summed E-state index contributed by atoms with van der Waals surface area (Å²) >= 11 is 0. The molecule has 0 bridgehead atoms. The molecule has 0 radical (unpaired) electrons. The molecule has 0 fully saturated rings. The van der Waals surface area contributed by atoms with Gasteiger partial charge in [0.1, 0.15) is 0 Å². The molecule has 0 aliphatic carbocycles. The minimum Gasteiger partial charge on any atom is -0.385 e. The lowest BCUT2D eigenvalue weighted by Gasteiger charge is -2.23. The molecule has 0 atom stereocenters. The molecule has 0 unspecified atom stereocenters. The molecule has 1 N–H and O–H groups in total. The molecular weight excluding hydrogens is 228 g/mol. The molecule has 0 aromatic heterocycles. The first-order valence-corrected chi connectivity index (χ1v) is 6.70. The third-order valence-corrected chi connectivity index (χ3v) is 2.64. The Hall–Kier alpha value is -0.420. The smallest absolute Gasteiger partial charge is 0.0589 e. The van der Waals surface area contributed by atoms with Gasteiger partial charge in [-0.3, -0.25) is 4.90 Å². The van der Waals surface area contributed by atoms with Crippen LogP contribution in [0.15, 0.2) is 12.2 Å². The summed E-state index contributed by atoms with van der Waals surface area (Å²) in [5.74, 6) is 0. The van der Waals surface area contributed by atoms with Gasteiger partial charge in [0, 0.05) is 53.0 Å². The van der Waals surface area contributed by atoms with Crippen LogP contribution in [0.3, 0.4) is 0 Å². The Morgan fingerprint density at radius 1 is 1.17 bits per heavy atom. The highest BCUT2D eigenvalue weighted by Crippen LogP contribution is 1.99. The fourth-order valence-electron chi connectivity index (χ4n) is 1.64. The minimum atomic E-state index is 0.502. The second-order valence-electron chi connectivity index (χ2n) is 4.90. The van der Waals surface area contributed by atoms with Crippen LogP contribution in [-0.2, 0) is 9.47 Å². The van der Waals surface area contributed by atoms with Crippen molar-refractivity contribution in [2.24, 2.45) is 0 Å². The maximum atomic E-state index is 5.14. The first kappa shape index (κ1) is 17.6. The Balaban J connectivity index is 3.92. The van der Waals surface area contributed by atoms with Crippen LogP contribution in [0.1, 0.15) is 20.3 Å². The van der Waals surface area contributed by atoms with Gasteiger partial charge in [0.15, 0.2) is 0 Å². The number of nitrogens with one attached hydrogen (secondary N) is 1. The number of nitrogens with zero attached hydrogens (tertiary/aromatic N) is 1. The summed E-state index contributed by atoms with van der Waals surface area (Å²) in [5.41, 5.74) is 1.22. The maximum Gasteiger partial charge on any atom is 0.0589 e. The standard InChI is InChI=1S/C14H30N2O2/c1-13(2)15-11-14(3)12-16(8-10-18-5)7-6-9-17-4/h13,15H,3,6-12H2,1-2,4-5H3. The molecule has 108 valence electrons. The van der Waals surface area contributed by atoms with Gasteiger partial charge in [-0.05, 0) is 12.0 Å². The quantitative estimate of drug-likeness (QED) is 0.425. The summed E-state index contributed by atoms with van der Waals surface area (Å²) in [6.07, 6.45) is 1.05. The first-order valence-electron chi connectivity index (χ1n) is 6.70. The summed E-state index contributed by atoms with van der Waals surface area (Å²) in [6, 6.07) is 0.502. The molecular formula is C14H30N2O2. The summed E-state index contributed by atoms with van der Waals surface area (Å²) in [7, 11) is 3.48. The summed E-state index contributed by atoms with van der Waals surface area (Å²) < 4.78 is 10.2. The summed E-state index contributed by atoms with van der Waals surface area (Å²) in [4.78, 5) is 2.37. The highest BCUT2D eigenvalue weighted by atomic mass is 16.5. The molecule has 0 spiro atoms. The van der Waals surface area contributed by atoms with Gasteiger partial charge >= 0.3 is 0 Å². The second kappa shape index (κ2) is 11.7. The molecule has 0 aromatic rings. The molecule has 0 saturated heterocycles. The third-order valence-electron chi connectivity index (χ3n) is 2.64. The number of rotatable bonds is 12. The van der Waals surface area contributed by atoms with Gasteiger partial charge in [-0.25, -0.2) is 0 Å². The molecule has 0 amide bonds. The fraction of sp³-hybridized carbons (Fsp3) is 0.857. The van der Waals surface area contributed by atoms with Crippen LogP contribution in [0.2, 0.25) is 0 Å². The molecule has 4 nitrogen and oxygen atoms in total. The fourth-order valence-corrected chi connectivity index (χ4v) is 1.64. The average molecular weight is 258 g/mol. The summed E-state index contributed by atoms with van der Waals surface area (Å²) in [6.45, 7) is 13.8. The van der Waals surface area contributed by atoms with Gasteiger partial charge in [0.05, 0.1) is 6.61 Å². The number of hydrogen-bond acceptors (Lipinski definition) is 4. The van der Waals surface area contributed by atoms with E-state index in [4.69, 9.17) is 9.47 Å². The van der Waals surface area contributed by atoms with Gasteiger partial charge in [0.25, 0.3) is 0 Å². The molecule has 18 heavy (non-hydrogen) atoms. The van der Waals surface area contributed by atoms with E-state index in [1.165, 1.54) is 5.57 Å². The van der Waals surface area contributed by atoms with Crippen LogP contribution in [0, 0.1) is 0 Å². The highest BCUT2D eigenvalue weighted by Gasteiger charge is 2.06. The Kier molecular flexibility index (Phi) is 11.4. The molecule has 0 aliphatic rings. The Morgan fingerprint density at radius 3 is 2.39 bits per heavy atom. The predicted octanol–water partition coefficient (Wildman–Crippen LogP) is 1.53. The molecule has 0 rings (SSSR count). The lowest BCUT2D eigenvalue weighted by Crippen LogP contribution is -2.34. The average Bonchev–Trinajstić information content (AvgIpc) is 2.33. The van der Waals surface area contributed by atoms with Crippen molar-refractivity contribution in [2.75, 3.05) is 53.6 Å². The van der Waals surface area contributed by atoms with Gasteiger partial charge in [0.2, 0.25) is 0 Å². The van der Waals surface area contributed by atoms with Crippen molar-refractivity contribution < 1.29 is 9.47 Å². The monoisotopic (exact) mass is 258 g/mol. The number of ether oxygens (including phenoxy) is 2. The number of hydrogen-bond donors (Lipinski definition) is 1. The van der Waals surface area contributed by atoms with Crippen LogP contribution < -0.4 is 5.32 Å². The van der Waals surface area contributed by atoms with Crippen molar-refractivity contribution in [3.8, 4) is 0 Å². The van der Waals surface area contributed by atoms with E-state index in [-0.39, 0.29) is 0 Å². The molecule has 0 saturated carbocycles. The highest BCUT2D eigenvalue weighted by molar-refractivity contribution is 5.00. The topological polar surface area (TPSA) is 33.7 Å². The largest absolute Gasteiger partial charge is 0.385 e. The van der Waals surface area contributed by atoms with Gasteiger partial charge in [-0.15, -0.1) is 0 Å². The second-order valence-corrected chi connectivity index (χ2v) is 4.90. The van der Waals surface area contributed by atoms with Crippen LogP contribution in [-0.4, -0.2) is 64.6 Å². The van der Waals surface area contributed by atoms with E-state index in [0.29, 0.717) is 6.04 Å². The molecule has 0 heterocycles. The molecule has 4 heteroatoms. The van der Waals surface area contributed by atoms with Crippen LogP contribution in [0.4, 0.5) is 0 Å². The van der Waals surface area contributed by atoms with Crippen molar-refractivity contribution in [2.45, 2.75) is 26.3 Å². The number of methoxy groups -OCH3 is 2.